The molecule has 1 aliphatic heterocycles. The average molecular weight is 251 g/mol. The molecular formula is C13H14FNO3. The summed E-state index contributed by atoms with van der Waals surface area (Å²) >= 11 is 0. The van der Waals surface area contributed by atoms with Crippen molar-refractivity contribution in [3.05, 3.63) is 24.0 Å². The topological polar surface area (TPSA) is 49.8 Å². The molecule has 96 valence electrons. The lowest BCUT2D eigenvalue weighted by molar-refractivity contribution is -0.124. The smallest absolute Gasteiger partial charge is 0.233 e. The number of ether oxygens (including phenoxy) is 1. The minimum atomic E-state index is -0.576. The van der Waals surface area contributed by atoms with Crippen LogP contribution in [0, 0.1) is 11.7 Å². The number of carbonyl (C=O) groups is 1. The molecule has 1 saturated heterocycles. The Bertz CT molecular complexity index is 505. The molecule has 2 bridgehead atoms. The Labute approximate surface area is 104 Å². The highest BCUT2D eigenvalue weighted by Gasteiger charge is 2.51. The molecule has 1 aromatic rings. The summed E-state index contributed by atoms with van der Waals surface area (Å²) in [6.45, 7) is 0. The van der Waals surface area contributed by atoms with Crippen LogP contribution in [0.2, 0.25) is 0 Å². The second kappa shape index (κ2) is 3.95. The van der Waals surface area contributed by atoms with Crippen LogP contribution in [-0.2, 0) is 4.79 Å². The summed E-state index contributed by atoms with van der Waals surface area (Å²) in [5.74, 6) is -0.486. The SMILES string of the molecule is COc1ccc(F)c(N2C(=O)[C@H]3C[C@@H]2CC3O)c1. The number of amides is 1. The Morgan fingerprint density at radius 3 is 2.83 bits per heavy atom. The van der Waals surface area contributed by atoms with Crippen LogP contribution >= 0.6 is 0 Å². The molecule has 0 aromatic heterocycles. The van der Waals surface area contributed by atoms with Crippen molar-refractivity contribution in [2.45, 2.75) is 25.0 Å². The molecule has 3 atom stereocenters. The molecule has 0 spiro atoms. The Morgan fingerprint density at radius 1 is 1.44 bits per heavy atom. The van der Waals surface area contributed by atoms with E-state index in [-0.39, 0.29) is 23.6 Å². The molecule has 1 aliphatic carbocycles. The lowest BCUT2D eigenvalue weighted by Crippen LogP contribution is -2.42. The lowest BCUT2D eigenvalue weighted by Gasteiger charge is -2.29. The number of rotatable bonds is 2. The maximum Gasteiger partial charge on any atom is 0.233 e. The second-order valence-electron chi connectivity index (χ2n) is 4.82. The van der Waals surface area contributed by atoms with Crippen LogP contribution in [0.15, 0.2) is 18.2 Å². The van der Waals surface area contributed by atoms with Gasteiger partial charge < -0.3 is 14.7 Å². The molecule has 1 aromatic carbocycles. The fourth-order valence-electron chi connectivity index (χ4n) is 2.94. The minimum absolute atomic E-state index is 0.0980. The van der Waals surface area contributed by atoms with E-state index in [0.717, 1.165) is 0 Å². The van der Waals surface area contributed by atoms with Gasteiger partial charge in [0, 0.05) is 12.1 Å². The molecule has 0 radical (unpaired) electrons. The number of hydrogen-bond acceptors (Lipinski definition) is 3. The number of aliphatic hydroxyl groups is 1. The van der Waals surface area contributed by atoms with Crippen LogP contribution in [-0.4, -0.2) is 30.3 Å². The van der Waals surface area contributed by atoms with Crippen LogP contribution in [0.3, 0.4) is 0 Å². The average Bonchev–Trinajstić information content (AvgIpc) is 2.87. The van der Waals surface area contributed by atoms with Crippen molar-refractivity contribution in [2.24, 2.45) is 5.92 Å². The Balaban J connectivity index is 1.99. The first kappa shape index (κ1) is 11.5. The number of halogens is 1. The van der Waals surface area contributed by atoms with Gasteiger partial charge in [0.25, 0.3) is 0 Å². The third-order valence-corrected chi connectivity index (χ3v) is 3.84. The number of aliphatic hydroxyl groups excluding tert-OH is 1. The van der Waals surface area contributed by atoms with E-state index in [2.05, 4.69) is 0 Å². The van der Waals surface area contributed by atoms with Gasteiger partial charge >= 0.3 is 0 Å². The van der Waals surface area contributed by atoms with Crippen LogP contribution in [0.25, 0.3) is 0 Å². The van der Waals surface area contributed by atoms with E-state index in [4.69, 9.17) is 4.74 Å². The zero-order valence-electron chi connectivity index (χ0n) is 9.97. The number of carbonyl (C=O) groups excluding carboxylic acids is 1. The first-order valence-corrected chi connectivity index (χ1v) is 5.96. The van der Waals surface area contributed by atoms with Crippen LogP contribution in [0.1, 0.15) is 12.8 Å². The predicted molar refractivity (Wildman–Crippen MR) is 63.0 cm³/mol. The lowest BCUT2D eigenvalue weighted by atomic mass is 10.0. The van der Waals surface area contributed by atoms with Gasteiger partial charge in [0.1, 0.15) is 11.6 Å². The van der Waals surface area contributed by atoms with E-state index >= 15 is 0 Å². The summed E-state index contributed by atoms with van der Waals surface area (Å²) in [5, 5.41) is 9.66. The van der Waals surface area contributed by atoms with E-state index in [1.54, 1.807) is 0 Å². The van der Waals surface area contributed by atoms with Crippen LogP contribution in [0.5, 0.6) is 5.75 Å². The summed E-state index contributed by atoms with van der Waals surface area (Å²) in [5.41, 5.74) is 0.249. The van der Waals surface area contributed by atoms with Gasteiger partial charge in [0.05, 0.1) is 24.8 Å². The summed E-state index contributed by atoms with van der Waals surface area (Å²) in [6, 6.07) is 4.25. The zero-order valence-corrected chi connectivity index (χ0v) is 9.97. The first-order chi connectivity index (χ1) is 8.61. The number of benzene rings is 1. The Hall–Kier alpha value is -1.62. The van der Waals surface area contributed by atoms with Crippen molar-refractivity contribution in [2.75, 3.05) is 12.0 Å². The standard InChI is InChI=1S/C13H14FNO3/c1-18-8-2-3-10(14)11(6-8)15-7-4-9(13(15)17)12(16)5-7/h2-3,6-7,9,12,16H,4-5H2,1H3/t7-,9+,12?/m1/s1. The predicted octanol–water partition coefficient (Wildman–Crippen LogP) is 1.32. The van der Waals surface area contributed by atoms with Crippen molar-refractivity contribution in [1.29, 1.82) is 0 Å². The fourth-order valence-corrected chi connectivity index (χ4v) is 2.94. The molecule has 5 heteroatoms. The number of piperidine rings is 1. The molecule has 2 fully saturated rings. The van der Waals surface area contributed by atoms with Gasteiger partial charge in [-0.25, -0.2) is 4.39 Å². The minimum Gasteiger partial charge on any atom is -0.497 e. The maximum absolute atomic E-state index is 13.8. The second-order valence-corrected chi connectivity index (χ2v) is 4.82. The summed E-state index contributed by atoms with van der Waals surface area (Å²) < 4.78 is 18.9. The van der Waals surface area contributed by atoms with Gasteiger partial charge in [0.2, 0.25) is 5.91 Å². The van der Waals surface area contributed by atoms with Gasteiger partial charge in [-0.15, -0.1) is 0 Å². The summed E-state index contributed by atoms with van der Waals surface area (Å²) in [7, 11) is 1.50. The third-order valence-electron chi connectivity index (χ3n) is 3.84. The van der Waals surface area contributed by atoms with Gasteiger partial charge in [-0.05, 0) is 25.0 Å². The summed E-state index contributed by atoms with van der Waals surface area (Å²) in [6.07, 6.45) is 0.552. The van der Waals surface area contributed by atoms with Gasteiger partial charge in [-0.2, -0.15) is 0 Å². The molecule has 3 rings (SSSR count). The fraction of sp³-hybridized carbons (Fsp3) is 0.462. The van der Waals surface area contributed by atoms with E-state index in [9.17, 15) is 14.3 Å². The number of hydrogen-bond donors (Lipinski definition) is 1. The van der Waals surface area contributed by atoms with Crippen LogP contribution < -0.4 is 9.64 Å². The molecule has 1 amide bonds. The molecule has 4 nitrogen and oxygen atoms in total. The van der Waals surface area contributed by atoms with Crippen molar-refractivity contribution >= 4 is 11.6 Å². The highest BCUT2D eigenvalue weighted by Crippen LogP contribution is 2.42. The molecule has 1 N–H and O–H groups in total. The normalized spacial score (nSPS) is 30.1. The van der Waals surface area contributed by atoms with Crippen molar-refractivity contribution in [3.63, 3.8) is 0 Å². The number of fused-ring (bicyclic) bond motifs is 2. The molecule has 1 heterocycles. The highest BCUT2D eigenvalue weighted by molar-refractivity contribution is 5.99. The quantitative estimate of drug-likeness (QED) is 0.862. The highest BCUT2D eigenvalue weighted by atomic mass is 19.1. The van der Waals surface area contributed by atoms with Crippen molar-refractivity contribution in [3.8, 4) is 5.75 Å². The third kappa shape index (κ3) is 1.50. The molecule has 1 saturated carbocycles. The van der Waals surface area contributed by atoms with Crippen LogP contribution in [0.4, 0.5) is 10.1 Å². The number of nitrogens with zero attached hydrogens (tertiary/aromatic N) is 1. The molecule has 1 unspecified atom stereocenters. The van der Waals surface area contributed by atoms with Gasteiger partial charge in [0.15, 0.2) is 0 Å². The molecular weight excluding hydrogens is 237 g/mol. The van der Waals surface area contributed by atoms with Gasteiger partial charge in [-0.3, -0.25) is 4.79 Å². The van der Waals surface area contributed by atoms with Crippen molar-refractivity contribution < 1.29 is 19.0 Å². The summed E-state index contributed by atoms with van der Waals surface area (Å²) in [4.78, 5) is 13.6. The van der Waals surface area contributed by atoms with E-state index in [1.807, 2.05) is 0 Å². The maximum atomic E-state index is 13.8. The molecule has 2 aliphatic rings. The monoisotopic (exact) mass is 251 g/mol. The van der Waals surface area contributed by atoms with Crippen molar-refractivity contribution in [1.82, 2.24) is 0 Å². The van der Waals surface area contributed by atoms with E-state index < -0.39 is 11.9 Å². The van der Waals surface area contributed by atoms with Gasteiger partial charge in [-0.1, -0.05) is 0 Å². The molecule has 18 heavy (non-hydrogen) atoms. The Morgan fingerprint density at radius 2 is 2.22 bits per heavy atom. The largest absolute Gasteiger partial charge is 0.497 e. The Kier molecular flexibility index (Phi) is 2.52. The van der Waals surface area contributed by atoms with E-state index in [0.29, 0.717) is 18.6 Å². The zero-order chi connectivity index (χ0) is 12.9. The number of anilines is 1. The van der Waals surface area contributed by atoms with E-state index in [1.165, 1.54) is 30.2 Å². The first-order valence-electron chi connectivity index (χ1n) is 5.96. The number of methoxy groups -OCH3 is 1.